The molecule has 0 radical (unpaired) electrons. The minimum atomic E-state index is -0.616. The Hall–Kier alpha value is -1.49. The average molecular weight is 212 g/mol. The number of aliphatic hydroxyl groups is 1. The SMILES string of the molecule is CC(CCO)NC(=O)c1ccc(F)nc1. The van der Waals surface area contributed by atoms with E-state index in [-0.39, 0.29) is 18.6 Å². The molecule has 0 saturated carbocycles. The molecule has 1 heterocycles. The van der Waals surface area contributed by atoms with Crippen molar-refractivity contribution < 1.29 is 14.3 Å². The standard InChI is InChI=1S/C10H13FN2O2/c1-7(4-5-14)13-10(15)8-2-3-9(11)12-6-8/h2-3,6-7,14H,4-5H2,1H3,(H,13,15). The lowest BCUT2D eigenvalue weighted by molar-refractivity contribution is 0.0934. The van der Waals surface area contributed by atoms with Gasteiger partial charge in [0, 0.05) is 18.8 Å². The van der Waals surface area contributed by atoms with Crippen molar-refractivity contribution in [3.05, 3.63) is 29.8 Å². The van der Waals surface area contributed by atoms with Gasteiger partial charge in [0.15, 0.2) is 0 Å². The first-order valence-corrected chi connectivity index (χ1v) is 4.66. The molecule has 5 heteroatoms. The largest absolute Gasteiger partial charge is 0.396 e. The summed E-state index contributed by atoms with van der Waals surface area (Å²) in [5.74, 6) is -0.932. The molecule has 0 aliphatic heterocycles. The van der Waals surface area contributed by atoms with Gasteiger partial charge in [0.05, 0.1) is 5.56 Å². The maximum Gasteiger partial charge on any atom is 0.253 e. The molecule has 0 aliphatic rings. The molecule has 1 aromatic rings. The summed E-state index contributed by atoms with van der Waals surface area (Å²) in [4.78, 5) is 14.9. The number of hydrogen-bond acceptors (Lipinski definition) is 3. The van der Waals surface area contributed by atoms with Crippen LogP contribution < -0.4 is 5.32 Å². The number of pyridine rings is 1. The fourth-order valence-electron chi connectivity index (χ4n) is 1.08. The van der Waals surface area contributed by atoms with Crippen LogP contribution >= 0.6 is 0 Å². The normalized spacial score (nSPS) is 12.2. The molecule has 1 atom stereocenters. The summed E-state index contributed by atoms with van der Waals surface area (Å²) in [6.07, 6.45) is 1.66. The number of halogens is 1. The van der Waals surface area contributed by atoms with Gasteiger partial charge in [0.1, 0.15) is 0 Å². The molecule has 0 aliphatic carbocycles. The molecule has 4 nitrogen and oxygen atoms in total. The molecule has 0 saturated heterocycles. The first-order valence-electron chi connectivity index (χ1n) is 4.66. The fourth-order valence-corrected chi connectivity index (χ4v) is 1.08. The lowest BCUT2D eigenvalue weighted by atomic mass is 10.2. The van der Waals surface area contributed by atoms with Crippen LogP contribution in [0.15, 0.2) is 18.3 Å². The molecular formula is C10H13FN2O2. The van der Waals surface area contributed by atoms with Crippen LogP contribution in [0.2, 0.25) is 0 Å². The third-order valence-corrected chi connectivity index (χ3v) is 1.93. The van der Waals surface area contributed by atoms with E-state index in [0.717, 1.165) is 6.07 Å². The Labute approximate surface area is 87.1 Å². The van der Waals surface area contributed by atoms with Gasteiger partial charge >= 0.3 is 0 Å². The zero-order valence-corrected chi connectivity index (χ0v) is 8.40. The number of rotatable bonds is 4. The van der Waals surface area contributed by atoms with Crippen LogP contribution in [0.1, 0.15) is 23.7 Å². The number of hydrogen-bond donors (Lipinski definition) is 2. The van der Waals surface area contributed by atoms with E-state index in [1.54, 1.807) is 6.92 Å². The molecular weight excluding hydrogens is 199 g/mol. The number of carbonyl (C=O) groups is 1. The molecule has 1 unspecified atom stereocenters. The minimum Gasteiger partial charge on any atom is -0.396 e. The molecule has 1 amide bonds. The zero-order valence-electron chi connectivity index (χ0n) is 8.40. The Morgan fingerprint density at radius 3 is 2.93 bits per heavy atom. The number of nitrogens with zero attached hydrogens (tertiary/aromatic N) is 1. The Bertz CT molecular complexity index is 327. The Balaban J connectivity index is 2.57. The smallest absolute Gasteiger partial charge is 0.253 e. The van der Waals surface area contributed by atoms with E-state index >= 15 is 0 Å². The third-order valence-electron chi connectivity index (χ3n) is 1.93. The van der Waals surface area contributed by atoms with Crippen molar-refractivity contribution >= 4 is 5.91 Å². The van der Waals surface area contributed by atoms with Gasteiger partial charge in [-0.25, -0.2) is 4.98 Å². The fraction of sp³-hybridized carbons (Fsp3) is 0.400. The van der Waals surface area contributed by atoms with Crippen LogP contribution in [0, 0.1) is 5.95 Å². The third kappa shape index (κ3) is 3.63. The second-order valence-corrected chi connectivity index (χ2v) is 3.26. The summed E-state index contributed by atoms with van der Waals surface area (Å²) in [5.41, 5.74) is 0.307. The highest BCUT2D eigenvalue weighted by atomic mass is 19.1. The molecule has 82 valence electrons. The lowest BCUT2D eigenvalue weighted by Gasteiger charge is -2.11. The summed E-state index contributed by atoms with van der Waals surface area (Å²) in [5, 5.41) is 11.3. The van der Waals surface area contributed by atoms with E-state index in [1.807, 2.05) is 0 Å². The Morgan fingerprint density at radius 2 is 2.40 bits per heavy atom. The van der Waals surface area contributed by atoms with Crippen molar-refractivity contribution in [2.45, 2.75) is 19.4 Å². The van der Waals surface area contributed by atoms with Crippen molar-refractivity contribution in [1.82, 2.24) is 10.3 Å². The number of aliphatic hydroxyl groups excluding tert-OH is 1. The van der Waals surface area contributed by atoms with Gasteiger partial charge in [-0.1, -0.05) is 0 Å². The molecule has 1 rings (SSSR count). The van der Waals surface area contributed by atoms with Gasteiger partial charge in [-0.05, 0) is 25.5 Å². The van der Waals surface area contributed by atoms with E-state index in [2.05, 4.69) is 10.3 Å². The summed E-state index contributed by atoms with van der Waals surface area (Å²) >= 11 is 0. The molecule has 0 aromatic carbocycles. The van der Waals surface area contributed by atoms with Crippen molar-refractivity contribution in [2.24, 2.45) is 0 Å². The summed E-state index contributed by atoms with van der Waals surface area (Å²) in [6, 6.07) is 2.38. The summed E-state index contributed by atoms with van der Waals surface area (Å²) < 4.78 is 12.5. The van der Waals surface area contributed by atoms with Crippen molar-refractivity contribution in [3.63, 3.8) is 0 Å². The average Bonchev–Trinajstić information content (AvgIpc) is 2.18. The Kier molecular flexibility index (Phi) is 4.17. The predicted octanol–water partition coefficient (Wildman–Crippen LogP) is 0.721. The van der Waals surface area contributed by atoms with Crippen LogP contribution in [-0.4, -0.2) is 28.6 Å². The van der Waals surface area contributed by atoms with Gasteiger partial charge in [0.2, 0.25) is 5.95 Å². The number of carbonyl (C=O) groups excluding carboxylic acids is 1. The second-order valence-electron chi connectivity index (χ2n) is 3.26. The van der Waals surface area contributed by atoms with Gasteiger partial charge < -0.3 is 10.4 Å². The monoisotopic (exact) mass is 212 g/mol. The van der Waals surface area contributed by atoms with Gasteiger partial charge in [-0.15, -0.1) is 0 Å². The molecule has 1 aromatic heterocycles. The van der Waals surface area contributed by atoms with Crippen molar-refractivity contribution in [2.75, 3.05) is 6.61 Å². The highest BCUT2D eigenvalue weighted by Crippen LogP contribution is 2.00. The zero-order chi connectivity index (χ0) is 11.3. The molecule has 0 bridgehead atoms. The van der Waals surface area contributed by atoms with Crippen LogP contribution in [0.4, 0.5) is 4.39 Å². The lowest BCUT2D eigenvalue weighted by Crippen LogP contribution is -2.33. The van der Waals surface area contributed by atoms with E-state index in [9.17, 15) is 9.18 Å². The number of aromatic nitrogens is 1. The van der Waals surface area contributed by atoms with Crippen LogP contribution in [-0.2, 0) is 0 Å². The first-order chi connectivity index (χ1) is 7.13. The van der Waals surface area contributed by atoms with E-state index in [1.165, 1.54) is 12.3 Å². The van der Waals surface area contributed by atoms with Crippen LogP contribution in [0.3, 0.4) is 0 Å². The topological polar surface area (TPSA) is 62.2 Å². The predicted molar refractivity (Wildman–Crippen MR) is 52.8 cm³/mol. The van der Waals surface area contributed by atoms with Crippen molar-refractivity contribution in [3.8, 4) is 0 Å². The van der Waals surface area contributed by atoms with Gasteiger partial charge in [-0.2, -0.15) is 4.39 Å². The Morgan fingerprint density at radius 1 is 1.67 bits per heavy atom. The summed E-state index contributed by atoms with van der Waals surface area (Å²) in [6.45, 7) is 1.80. The minimum absolute atomic E-state index is 0.0170. The molecule has 2 N–H and O–H groups in total. The second kappa shape index (κ2) is 5.41. The number of amides is 1. The quantitative estimate of drug-likeness (QED) is 0.723. The van der Waals surface area contributed by atoms with Crippen LogP contribution in [0.25, 0.3) is 0 Å². The van der Waals surface area contributed by atoms with E-state index in [0.29, 0.717) is 12.0 Å². The summed E-state index contributed by atoms with van der Waals surface area (Å²) in [7, 11) is 0. The first kappa shape index (κ1) is 11.6. The highest BCUT2D eigenvalue weighted by molar-refractivity contribution is 5.93. The van der Waals surface area contributed by atoms with Gasteiger partial charge in [0.25, 0.3) is 5.91 Å². The maximum absolute atomic E-state index is 12.5. The molecule has 15 heavy (non-hydrogen) atoms. The van der Waals surface area contributed by atoms with E-state index in [4.69, 9.17) is 5.11 Å². The molecule has 0 fully saturated rings. The van der Waals surface area contributed by atoms with Crippen molar-refractivity contribution in [1.29, 1.82) is 0 Å². The highest BCUT2D eigenvalue weighted by Gasteiger charge is 2.09. The van der Waals surface area contributed by atoms with Gasteiger partial charge in [-0.3, -0.25) is 4.79 Å². The van der Waals surface area contributed by atoms with Crippen LogP contribution in [0.5, 0.6) is 0 Å². The molecule has 0 spiro atoms. The number of nitrogens with one attached hydrogen (secondary N) is 1. The van der Waals surface area contributed by atoms with E-state index < -0.39 is 5.95 Å². The maximum atomic E-state index is 12.5.